The standard InChI is InChI=1S/C11H10O2/c1-2-4-8(5-3-1)10-9-6-7-12-11(9)13-10/h1-7,9-11H/t9-,10-,11-/m0/s1. The van der Waals surface area contributed by atoms with E-state index in [2.05, 4.69) is 18.2 Å². The molecule has 0 aliphatic carbocycles. The molecule has 0 aromatic heterocycles. The van der Waals surface area contributed by atoms with Crippen LogP contribution in [0.2, 0.25) is 0 Å². The van der Waals surface area contributed by atoms with Crippen LogP contribution in [0.15, 0.2) is 42.7 Å². The molecule has 1 aromatic carbocycles. The van der Waals surface area contributed by atoms with Crippen LogP contribution in [0.25, 0.3) is 0 Å². The van der Waals surface area contributed by atoms with Crippen molar-refractivity contribution < 1.29 is 9.47 Å². The summed E-state index contributed by atoms with van der Waals surface area (Å²) in [5.74, 6) is 0.419. The van der Waals surface area contributed by atoms with E-state index in [1.807, 2.05) is 18.2 Å². The van der Waals surface area contributed by atoms with E-state index in [1.54, 1.807) is 6.26 Å². The van der Waals surface area contributed by atoms with E-state index in [9.17, 15) is 0 Å². The summed E-state index contributed by atoms with van der Waals surface area (Å²) in [4.78, 5) is 0. The molecule has 13 heavy (non-hydrogen) atoms. The monoisotopic (exact) mass is 174 g/mol. The van der Waals surface area contributed by atoms with E-state index < -0.39 is 0 Å². The maximum Gasteiger partial charge on any atom is 0.208 e. The summed E-state index contributed by atoms with van der Waals surface area (Å²) in [5, 5.41) is 0. The van der Waals surface area contributed by atoms with Gasteiger partial charge in [-0.05, 0) is 11.6 Å². The summed E-state index contributed by atoms with van der Waals surface area (Å²) in [5.41, 5.74) is 1.24. The Labute approximate surface area is 76.8 Å². The first-order chi connectivity index (χ1) is 6.45. The summed E-state index contributed by atoms with van der Waals surface area (Å²) in [6.07, 6.45) is 3.99. The van der Waals surface area contributed by atoms with E-state index in [1.165, 1.54) is 5.56 Å². The zero-order chi connectivity index (χ0) is 8.67. The molecule has 1 fully saturated rings. The first-order valence-corrected chi connectivity index (χ1v) is 4.48. The van der Waals surface area contributed by atoms with E-state index in [0.717, 1.165) is 0 Å². The van der Waals surface area contributed by atoms with E-state index in [-0.39, 0.29) is 12.4 Å². The van der Waals surface area contributed by atoms with Crippen LogP contribution in [0.5, 0.6) is 0 Å². The fraction of sp³-hybridized carbons (Fsp3) is 0.273. The van der Waals surface area contributed by atoms with Gasteiger partial charge < -0.3 is 9.47 Å². The first-order valence-electron chi connectivity index (χ1n) is 4.48. The molecule has 2 aliphatic rings. The number of fused-ring (bicyclic) bond motifs is 1. The smallest absolute Gasteiger partial charge is 0.208 e. The molecule has 2 heteroatoms. The van der Waals surface area contributed by atoms with Gasteiger partial charge in [-0.3, -0.25) is 0 Å². The summed E-state index contributed by atoms with van der Waals surface area (Å²) in [6, 6.07) is 10.3. The van der Waals surface area contributed by atoms with Crippen molar-refractivity contribution in [2.75, 3.05) is 0 Å². The van der Waals surface area contributed by atoms with Gasteiger partial charge in [0.15, 0.2) is 0 Å². The van der Waals surface area contributed by atoms with Gasteiger partial charge in [-0.15, -0.1) is 0 Å². The van der Waals surface area contributed by atoms with Gasteiger partial charge in [0.05, 0.1) is 18.3 Å². The average Bonchev–Trinajstić information content (AvgIpc) is 2.50. The Balaban J connectivity index is 1.85. The minimum Gasteiger partial charge on any atom is -0.472 e. The minimum absolute atomic E-state index is 0.0230. The predicted molar refractivity (Wildman–Crippen MR) is 47.8 cm³/mol. The van der Waals surface area contributed by atoms with Gasteiger partial charge in [0.2, 0.25) is 6.29 Å². The molecule has 0 radical (unpaired) electrons. The fourth-order valence-corrected chi connectivity index (χ4v) is 1.85. The second-order valence-electron chi connectivity index (χ2n) is 3.38. The van der Waals surface area contributed by atoms with Crippen LogP contribution in [0.1, 0.15) is 11.7 Å². The lowest BCUT2D eigenvalue weighted by Gasteiger charge is -2.38. The molecule has 0 bridgehead atoms. The maximum absolute atomic E-state index is 5.56. The van der Waals surface area contributed by atoms with Gasteiger partial charge in [-0.1, -0.05) is 30.3 Å². The summed E-state index contributed by atoms with van der Waals surface area (Å²) < 4.78 is 10.8. The molecule has 0 saturated carbocycles. The van der Waals surface area contributed by atoms with Crippen LogP contribution in [-0.4, -0.2) is 6.29 Å². The third-order valence-corrected chi connectivity index (χ3v) is 2.59. The molecule has 3 atom stereocenters. The van der Waals surface area contributed by atoms with Gasteiger partial charge in [0.25, 0.3) is 0 Å². The molecule has 66 valence electrons. The molecular weight excluding hydrogens is 164 g/mol. The molecule has 1 saturated heterocycles. The maximum atomic E-state index is 5.56. The molecule has 2 nitrogen and oxygen atoms in total. The Hall–Kier alpha value is -1.28. The Kier molecular flexibility index (Phi) is 1.43. The van der Waals surface area contributed by atoms with Crippen LogP contribution in [0, 0.1) is 5.92 Å². The van der Waals surface area contributed by atoms with Gasteiger partial charge >= 0.3 is 0 Å². The third-order valence-electron chi connectivity index (χ3n) is 2.59. The molecule has 0 spiro atoms. The van der Waals surface area contributed by atoms with E-state index in [4.69, 9.17) is 9.47 Å². The highest BCUT2D eigenvalue weighted by Crippen LogP contribution is 2.45. The van der Waals surface area contributed by atoms with Crippen LogP contribution < -0.4 is 0 Å². The molecule has 2 aliphatic heterocycles. The van der Waals surface area contributed by atoms with Crippen molar-refractivity contribution in [3.8, 4) is 0 Å². The number of benzene rings is 1. The highest BCUT2D eigenvalue weighted by atomic mass is 16.7. The van der Waals surface area contributed by atoms with E-state index in [0.29, 0.717) is 5.92 Å². The van der Waals surface area contributed by atoms with Crippen LogP contribution in [0.3, 0.4) is 0 Å². The summed E-state index contributed by atoms with van der Waals surface area (Å²) in [7, 11) is 0. The molecular formula is C11H10O2. The fourth-order valence-electron chi connectivity index (χ4n) is 1.85. The van der Waals surface area contributed by atoms with Crippen molar-refractivity contribution in [2.45, 2.75) is 12.4 Å². The number of ether oxygens (including phenoxy) is 2. The topological polar surface area (TPSA) is 18.5 Å². The predicted octanol–water partition coefficient (Wildman–Crippen LogP) is 2.24. The molecule has 1 aromatic rings. The second kappa shape index (κ2) is 2.60. The zero-order valence-corrected chi connectivity index (χ0v) is 7.09. The Bertz CT molecular complexity index is 331. The zero-order valence-electron chi connectivity index (χ0n) is 7.09. The Morgan fingerprint density at radius 3 is 2.69 bits per heavy atom. The Morgan fingerprint density at radius 1 is 1.08 bits per heavy atom. The van der Waals surface area contributed by atoms with Gasteiger partial charge in [0.1, 0.15) is 0 Å². The number of hydrogen-bond acceptors (Lipinski definition) is 2. The van der Waals surface area contributed by atoms with Crippen molar-refractivity contribution in [3.05, 3.63) is 48.2 Å². The van der Waals surface area contributed by atoms with Crippen LogP contribution in [-0.2, 0) is 9.47 Å². The third kappa shape index (κ3) is 0.988. The molecule has 0 unspecified atom stereocenters. The lowest BCUT2D eigenvalue weighted by atomic mass is 9.91. The average molecular weight is 174 g/mol. The van der Waals surface area contributed by atoms with Crippen molar-refractivity contribution in [2.24, 2.45) is 5.92 Å². The van der Waals surface area contributed by atoms with Crippen LogP contribution in [0.4, 0.5) is 0 Å². The number of rotatable bonds is 1. The van der Waals surface area contributed by atoms with Crippen molar-refractivity contribution in [1.29, 1.82) is 0 Å². The van der Waals surface area contributed by atoms with E-state index >= 15 is 0 Å². The summed E-state index contributed by atoms with van der Waals surface area (Å²) in [6.45, 7) is 0. The molecule has 2 heterocycles. The first kappa shape index (κ1) is 7.15. The van der Waals surface area contributed by atoms with Crippen molar-refractivity contribution in [3.63, 3.8) is 0 Å². The second-order valence-corrected chi connectivity index (χ2v) is 3.38. The number of hydrogen-bond donors (Lipinski definition) is 0. The quantitative estimate of drug-likeness (QED) is 0.650. The molecule has 0 N–H and O–H groups in total. The highest BCUT2D eigenvalue weighted by Gasteiger charge is 2.45. The van der Waals surface area contributed by atoms with Gasteiger partial charge in [-0.2, -0.15) is 0 Å². The normalized spacial score (nSPS) is 34.9. The lowest BCUT2D eigenvalue weighted by molar-refractivity contribution is -0.257. The lowest BCUT2D eigenvalue weighted by Crippen LogP contribution is -2.39. The van der Waals surface area contributed by atoms with Crippen molar-refractivity contribution >= 4 is 0 Å². The minimum atomic E-state index is -0.0230. The summed E-state index contributed by atoms with van der Waals surface area (Å²) >= 11 is 0. The largest absolute Gasteiger partial charge is 0.472 e. The van der Waals surface area contributed by atoms with Crippen molar-refractivity contribution in [1.82, 2.24) is 0 Å². The van der Waals surface area contributed by atoms with Crippen LogP contribution >= 0.6 is 0 Å². The molecule has 3 rings (SSSR count). The van der Waals surface area contributed by atoms with Gasteiger partial charge in [-0.25, -0.2) is 0 Å². The highest BCUT2D eigenvalue weighted by molar-refractivity contribution is 5.23. The SMILES string of the molecule is C1=C[C@@H]2[C@@H](O1)O[C@H]2c1ccccc1. The molecule has 0 amide bonds. The Morgan fingerprint density at radius 2 is 1.92 bits per heavy atom. The van der Waals surface area contributed by atoms with Gasteiger partial charge in [0, 0.05) is 0 Å².